The topological polar surface area (TPSA) is 18.5 Å². The van der Waals surface area contributed by atoms with E-state index in [-0.39, 0.29) is 5.02 Å². The average Bonchev–Trinajstić information content (AvgIpc) is 2.70. The van der Waals surface area contributed by atoms with Gasteiger partial charge in [0.25, 0.3) is 0 Å². The van der Waals surface area contributed by atoms with Gasteiger partial charge >= 0.3 is 0 Å². The Balaban J connectivity index is 1.55. The van der Waals surface area contributed by atoms with E-state index < -0.39 is 12.1 Å². The lowest BCUT2D eigenvalue weighted by Gasteiger charge is -2.26. The maximum absolute atomic E-state index is 13.6. The molecule has 3 rings (SSSR count). The van der Waals surface area contributed by atoms with E-state index >= 15 is 0 Å². The third-order valence-corrected chi connectivity index (χ3v) is 4.77. The van der Waals surface area contributed by atoms with Gasteiger partial charge in [0.15, 0.2) is 0 Å². The van der Waals surface area contributed by atoms with E-state index in [2.05, 4.69) is 18.4 Å². The molecule has 1 saturated heterocycles. The van der Waals surface area contributed by atoms with Crippen LogP contribution in [0.4, 0.5) is 4.39 Å². The molecule has 0 aliphatic carbocycles. The molecule has 0 atom stereocenters. The Kier molecular flexibility index (Phi) is 7.06. The molecule has 0 amide bonds. The Hall–Kier alpha value is -2.12. The van der Waals surface area contributed by atoms with Crippen LogP contribution in [0.2, 0.25) is 5.02 Å². The van der Waals surface area contributed by atoms with Crippen molar-refractivity contribution >= 4 is 11.6 Å². The molecule has 1 aliphatic heterocycles. The van der Waals surface area contributed by atoms with Crippen molar-refractivity contribution in [3.05, 3.63) is 71.5 Å². The van der Waals surface area contributed by atoms with Crippen molar-refractivity contribution in [3.8, 4) is 23.0 Å². The van der Waals surface area contributed by atoms with E-state index in [9.17, 15) is 4.39 Å². The lowest BCUT2D eigenvalue weighted by molar-refractivity contribution is -0.170. The van der Waals surface area contributed by atoms with Crippen molar-refractivity contribution < 1.29 is 13.9 Å². The van der Waals surface area contributed by atoms with Gasteiger partial charge in [0.05, 0.1) is 18.2 Å². The fraction of sp³-hybridized carbons (Fsp3) is 0.304. The molecule has 0 unspecified atom stereocenters. The second kappa shape index (κ2) is 9.71. The number of allylic oxidation sites excluding steroid dienone is 1. The lowest BCUT2D eigenvalue weighted by atomic mass is 10.0. The third kappa shape index (κ3) is 5.68. The molecular weight excluding hydrogens is 363 g/mol. The molecular formula is C23H22ClFO2. The molecule has 0 radical (unpaired) electrons. The summed E-state index contributed by atoms with van der Waals surface area (Å²) in [4.78, 5) is 0. The zero-order chi connectivity index (χ0) is 19.1. The Morgan fingerprint density at radius 3 is 2.48 bits per heavy atom. The SMILES string of the molecule is C=CCCCC1COC(C#Cc2ccc(-c3ccc(Cl)c(F)c3)cc2)OC1. The van der Waals surface area contributed by atoms with Gasteiger partial charge in [0.2, 0.25) is 6.29 Å². The second-order valence-corrected chi connectivity index (χ2v) is 6.97. The fourth-order valence-corrected chi connectivity index (χ4v) is 3.03. The summed E-state index contributed by atoms with van der Waals surface area (Å²) < 4.78 is 25.0. The van der Waals surface area contributed by atoms with Crippen LogP contribution >= 0.6 is 11.6 Å². The zero-order valence-electron chi connectivity index (χ0n) is 15.1. The first kappa shape index (κ1) is 19.6. The molecule has 0 N–H and O–H groups in total. The zero-order valence-corrected chi connectivity index (χ0v) is 15.8. The van der Waals surface area contributed by atoms with Gasteiger partial charge in [0.1, 0.15) is 5.82 Å². The summed E-state index contributed by atoms with van der Waals surface area (Å²) in [7, 11) is 0. The minimum Gasteiger partial charge on any atom is -0.342 e. The molecule has 2 aromatic rings. The van der Waals surface area contributed by atoms with Gasteiger partial charge in [-0.25, -0.2) is 4.39 Å². The Morgan fingerprint density at radius 1 is 1.11 bits per heavy atom. The van der Waals surface area contributed by atoms with Crippen molar-refractivity contribution in [1.29, 1.82) is 0 Å². The quantitative estimate of drug-likeness (QED) is 0.366. The highest BCUT2D eigenvalue weighted by Crippen LogP contribution is 2.24. The highest BCUT2D eigenvalue weighted by Gasteiger charge is 2.20. The maximum Gasteiger partial charge on any atom is 0.222 e. The van der Waals surface area contributed by atoms with Gasteiger partial charge in [-0.3, -0.25) is 0 Å². The minimum absolute atomic E-state index is 0.122. The van der Waals surface area contributed by atoms with Crippen molar-refractivity contribution in [2.45, 2.75) is 25.6 Å². The fourth-order valence-electron chi connectivity index (χ4n) is 2.91. The summed E-state index contributed by atoms with van der Waals surface area (Å²) in [6.45, 7) is 5.09. The summed E-state index contributed by atoms with van der Waals surface area (Å²) in [5.74, 6) is 6.09. The predicted octanol–water partition coefficient (Wildman–Crippen LogP) is 5.84. The van der Waals surface area contributed by atoms with Crippen molar-refractivity contribution in [1.82, 2.24) is 0 Å². The van der Waals surface area contributed by atoms with Crippen LogP contribution in [0.15, 0.2) is 55.1 Å². The number of ether oxygens (including phenoxy) is 2. The summed E-state index contributed by atoms with van der Waals surface area (Å²) >= 11 is 5.73. The summed E-state index contributed by atoms with van der Waals surface area (Å²) in [5.41, 5.74) is 2.54. The van der Waals surface area contributed by atoms with Crippen LogP contribution in [0, 0.1) is 23.6 Å². The van der Waals surface area contributed by atoms with E-state index in [0.29, 0.717) is 19.1 Å². The maximum atomic E-state index is 13.6. The van der Waals surface area contributed by atoms with Crippen LogP contribution < -0.4 is 0 Å². The molecule has 140 valence electrons. The standard InChI is InChI=1S/C23H22ClFO2/c1-2-3-4-5-18-15-26-23(27-16-18)13-8-17-6-9-19(10-7-17)20-11-12-21(24)22(25)14-20/h2,6-7,9-12,14,18,23H,1,3-5,15-16H2. The van der Waals surface area contributed by atoms with Crippen LogP contribution in [0.1, 0.15) is 24.8 Å². The number of unbranched alkanes of at least 4 members (excludes halogenated alkanes) is 1. The molecule has 1 fully saturated rings. The number of hydrogen-bond donors (Lipinski definition) is 0. The lowest BCUT2D eigenvalue weighted by Crippen LogP contribution is -2.31. The summed E-state index contributed by atoms with van der Waals surface area (Å²) in [5, 5.41) is 0.122. The molecule has 0 aromatic heterocycles. The van der Waals surface area contributed by atoms with Crippen LogP contribution in [0.3, 0.4) is 0 Å². The van der Waals surface area contributed by atoms with E-state index in [4.69, 9.17) is 21.1 Å². The van der Waals surface area contributed by atoms with Crippen LogP contribution in [0.5, 0.6) is 0 Å². The smallest absolute Gasteiger partial charge is 0.222 e. The highest BCUT2D eigenvalue weighted by atomic mass is 35.5. The van der Waals surface area contributed by atoms with Gasteiger partial charge in [-0.15, -0.1) is 6.58 Å². The monoisotopic (exact) mass is 384 g/mol. The summed E-state index contributed by atoms with van der Waals surface area (Å²) in [6.07, 6.45) is 4.68. The largest absolute Gasteiger partial charge is 0.342 e. The summed E-state index contributed by atoms with van der Waals surface area (Å²) in [6, 6.07) is 12.4. The predicted molar refractivity (Wildman–Crippen MR) is 107 cm³/mol. The van der Waals surface area contributed by atoms with Crippen LogP contribution in [-0.2, 0) is 9.47 Å². The number of hydrogen-bond acceptors (Lipinski definition) is 2. The molecule has 0 spiro atoms. The first-order valence-electron chi connectivity index (χ1n) is 9.07. The molecule has 27 heavy (non-hydrogen) atoms. The van der Waals surface area contributed by atoms with E-state index in [0.717, 1.165) is 36.0 Å². The van der Waals surface area contributed by atoms with E-state index in [1.807, 2.05) is 30.3 Å². The molecule has 0 saturated carbocycles. The van der Waals surface area contributed by atoms with Gasteiger partial charge in [-0.05, 0) is 60.6 Å². The second-order valence-electron chi connectivity index (χ2n) is 6.56. The van der Waals surface area contributed by atoms with Gasteiger partial charge in [-0.2, -0.15) is 0 Å². The van der Waals surface area contributed by atoms with E-state index in [1.54, 1.807) is 12.1 Å². The molecule has 1 heterocycles. The average molecular weight is 385 g/mol. The number of halogens is 2. The van der Waals surface area contributed by atoms with Crippen molar-refractivity contribution in [3.63, 3.8) is 0 Å². The highest BCUT2D eigenvalue weighted by molar-refractivity contribution is 6.30. The molecule has 2 nitrogen and oxygen atoms in total. The molecule has 4 heteroatoms. The normalized spacial score (nSPS) is 19.2. The Morgan fingerprint density at radius 2 is 1.81 bits per heavy atom. The number of benzene rings is 2. The number of rotatable bonds is 5. The minimum atomic E-state index is -0.481. The first-order valence-corrected chi connectivity index (χ1v) is 9.44. The van der Waals surface area contributed by atoms with Crippen LogP contribution in [-0.4, -0.2) is 19.5 Å². The third-order valence-electron chi connectivity index (χ3n) is 4.46. The van der Waals surface area contributed by atoms with E-state index in [1.165, 1.54) is 6.07 Å². The van der Waals surface area contributed by atoms with Crippen molar-refractivity contribution in [2.75, 3.05) is 13.2 Å². The van der Waals surface area contributed by atoms with Gasteiger partial charge < -0.3 is 9.47 Å². The molecule has 2 aromatic carbocycles. The van der Waals surface area contributed by atoms with Crippen LogP contribution in [0.25, 0.3) is 11.1 Å². The van der Waals surface area contributed by atoms with Gasteiger partial charge in [-0.1, -0.05) is 41.8 Å². The Bertz CT molecular complexity index is 828. The first-order chi connectivity index (χ1) is 13.2. The Labute approximate surface area is 165 Å². The van der Waals surface area contributed by atoms with Crippen molar-refractivity contribution in [2.24, 2.45) is 5.92 Å². The van der Waals surface area contributed by atoms with Gasteiger partial charge in [0, 0.05) is 11.5 Å². The molecule has 1 aliphatic rings. The molecule has 0 bridgehead atoms.